The van der Waals surface area contributed by atoms with Crippen LogP contribution in [0.1, 0.15) is 11.1 Å². The predicted octanol–water partition coefficient (Wildman–Crippen LogP) is 3.55. The molecule has 0 amide bonds. The second kappa shape index (κ2) is 6.91. The first kappa shape index (κ1) is 17.2. The molecule has 0 heterocycles. The van der Waals surface area contributed by atoms with Crippen molar-refractivity contribution in [2.24, 2.45) is 0 Å². The summed E-state index contributed by atoms with van der Waals surface area (Å²) < 4.78 is 0. The van der Waals surface area contributed by atoms with E-state index in [1.807, 2.05) is 18.2 Å². The number of benzene rings is 5. The molecule has 0 aliphatic heterocycles. The zero-order valence-corrected chi connectivity index (χ0v) is 15.4. The molecule has 0 atom stereocenters. The molecule has 5 aromatic rings. The van der Waals surface area contributed by atoms with Crippen LogP contribution in [-0.2, 0) is 13.1 Å². The van der Waals surface area contributed by atoms with E-state index in [4.69, 9.17) is 0 Å². The van der Waals surface area contributed by atoms with Gasteiger partial charge in [-0.2, -0.15) is 0 Å². The average molecular weight is 365 g/mol. The summed E-state index contributed by atoms with van der Waals surface area (Å²) in [7, 11) is -1.45. The normalized spacial score (nSPS) is 11.6. The molecule has 0 fully saturated rings. The highest BCUT2D eigenvalue weighted by Gasteiger charge is 2.15. The van der Waals surface area contributed by atoms with Gasteiger partial charge in [-0.15, -0.1) is 0 Å². The Morgan fingerprint density at radius 1 is 0.607 bits per heavy atom. The summed E-state index contributed by atoms with van der Waals surface area (Å²) >= 11 is 0. The highest BCUT2D eigenvalue weighted by atomic mass is 16.4. The van der Waals surface area contributed by atoms with Crippen molar-refractivity contribution in [3.63, 3.8) is 0 Å². The molecule has 0 saturated carbocycles. The third kappa shape index (κ3) is 2.83. The Labute approximate surface area is 163 Å². The summed E-state index contributed by atoms with van der Waals surface area (Å²) in [5, 5.41) is 30.3. The first-order valence-corrected chi connectivity index (χ1v) is 9.52. The van der Waals surface area contributed by atoms with Gasteiger partial charge < -0.3 is 15.4 Å². The van der Waals surface area contributed by atoms with Crippen LogP contribution in [0.4, 0.5) is 0 Å². The van der Waals surface area contributed by atoms with E-state index in [0.29, 0.717) is 18.6 Å². The van der Waals surface area contributed by atoms with E-state index in [-0.39, 0.29) is 0 Å². The minimum atomic E-state index is -1.45. The van der Waals surface area contributed by atoms with Gasteiger partial charge in [0.25, 0.3) is 0 Å². The number of hydrogen-bond acceptors (Lipinski definition) is 3. The zero-order valence-electron chi connectivity index (χ0n) is 15.4. The van der Waals surface area contributed by atoms with Crippen LogP contribution in [0, 0.1) is 0 Å². The van der Waals surface area contributed by atoms with E-state index in [2.05, 4.69) is 59.9 Å². The highest BCUT2D eigenvalue weighted by Crippen LogP contribution is 2.35. The van der Waals surface area contributed by atoms with E-state index in [1.165, 1.54) is 37.9 Å². The van der Waals surface area contributed by atoms with E-state index in [1.54, 1.807) is 6.07 Å². The van der Waals surface area contributed by atoms with Crippen LogP contribution in [-0.4, -0.2) is 17.2 Å². The van der Waals surface area contributed by atoms with Crippen LogP contribution >= 0.6 is 0 Å². The van der Waals surface area contributed by atoms with Crippen molar-refractivity contribution in [2.75, 3.05) is 0 Å². The lowest BCUT2D eigenvalue weighted by Gasteiger charge is -2.15. The Balaban J connectivity index is 1.50. The van der Waals surface area contributed by atoms with E-state index in [9.17, 15) is 10.0 Å². The Morgan fingerprint density at radius 2 is 1.25 bits per heavy atom. The number of rotatable bonds is 5. The van der Waals surface area contributed by atoms with E-state index < -0.39 is 7.12 Å². The van der Waals surface area contributed by atoms with Gasteiger partial charge >= 0.3 is 7.12 Å². The standard InChI is InChI=1S/C24H20BNO2/c27-25(28)22-7-2-1-4-20(22)15-26-14-19-11-10-18-9-8-16-5-3-6-17-12-13-21(19)24(18)23(16)17/h1-13,26-28H,14-15H2. The Morgan fingerprint density at radius 3 is 2.04 bits per heavy atom. The first-order valence-electron chi connectivity index (χ1n) is 9.52. The lowest BCUT2D eigenvalue weighted by atomic mass is 9.77. The van der Waals surface area contributed by atoms with Crippen molar-refractivity contribution in [3.05, 3.63) is 90.0 Å². The van der Waals surface area contributed by atoms with E-state index >= 15 is 0 Å². The number of hydrogen-bond donors (Lipinski definition) is 3. The fourth-order valence-electron chi connectivity index (χ4n) is 4.23. The van der Waals surface area contributed by atoms with Gasteiger partial charge in [0.1, 0.15) is 0 Å². The minimum absolute atomic E-state index is 0.547. The summed E-state index contributed by atoms with van der Waals surface area (Å²) in [6, 6.07) is 27.0. The molecule has 0 spiro atoms. The fourth-order valence-corrected chi connectivity index (χ4v) is 4.23. The number of nitrogens with one attached hydrogen (secondary N) is 1. The van der Waals surface area contributed by atoms with Gasteiger partial charge in [-0.1, -0.05) is 78.9 Å². The molecule has 0 unspecified atom stereocenters. The summed E-state index contributed by atoms with van der Waals surface area (Å²) in [6.45, 7) is 1.29. The molecule has 4 heteroatoms. The van der Waals surface area contributed by atoms with Gasteiger partial charge in [0.05, 0.1) is 0 Å². The fraction of sp³-hybridized carbons (Fsp3) is 0.0833. The molecule has 0 saturated heterocycles. The summed E-state index contributed by atoms with van der Waals surface area (Å²) in [6.07, 6.45) is 0. The molecule has 0 radical (unpaired) electrons. The smallest absolute Gasteiger partial charge is 0.423 e. The van der Waals surface area contributed by atoms with Crippen LogP contribution in [0.15, 0.2) is 78.9 Å². The van der Waals surface area contributed by atoms with Crippen molar-refractivity contribution >= 4 is 44.9 Å². The summed E-state index contributed by atoms with van der Waals surface area (Å²) in [5.41, 5.74) is 2.69. The lowest BCUT2D eigenvalue weighted by molar-refractivity contribution is 0.425. The predicted molar refractivity (Wildman–Crippen MR) is 117 cm³/mol. The molecular formula is C24H20BNO2. The SMILES string of the molecule is OB(O)c1ccccc1CNCc1ccc2ccc3cccc4ccc1c2c34. The average Bonchev–Trinajstić information content (AvgIpc) is 2.73. The first-order chi connectivity index (χ1) is 13.7. The van der Waals surface area contributed by atoms with Crippen molar-refractivity contribution in [3.8, 4) is 0 Å². The minimum Gasteiger partial charge on any atom is -0.423 e. The molecule has 28 heavy (non-hydrogen) atoms. The van der Waals surface area contributed by atoms with Crippen molar-refractivity contribution in [2.45, 2.75) is 13.1 Å². The molecular weight excluding hydrogens is 345 g/mol. The van der Waals surface area contributed by atoms with E-state index in [0.717, 1.165) is 5.56 Å². The molecule has 3 nitrogen and oxygen atoms in total. The Kier molecular flexibility index (Phi) is 4.25. The molecule has 136 valence electrons. The summed E-state index contributed by atoms with van der Waals surface area (Å²) in [5.74, 6) is 0. The van der Waals surface area contributed by atoms with Gasteiger partial charge in [0.15, 0.2) is 0 Å². The van der Waals surface area contributed by atoms with Crippen molar-refractivity contribution in [1.82, 2.24) is 5.32 Å². The van der Waals surface area contributed by atoms with Gasteiger partial charge in [0, 0.05) is 13.1 Å². The van der Waals surface area contributed by atoms with Crippen molar-refractivity contribution in [1.29, 1.82) is 0 Å². The van der Waals surface area contributed by atoms with Crippen LogP contribution in [0.25, 0.3) is 32.3 Å². The summed E-state index contributed by atoms with van der Waals surface area (Å²) in [4.78, 5) is 0. The quantitative estimate of drug-likeness (QED) is 0.330. The lowest BCUT2D eigenvalue weighted by Crippen LogP contribution is -2.34. The molecule has 0 aliphatic carbocycles. The third-order valence-electron chi connectivity index (χ3n) is 5.58. The van der Waals surface area contributed by atoms with Crippen LogP contribution in [0.5, 0.6) is 0 Å². The molecule has 0 bridgehead atoms. The maximum absolute atomic E-state index is 9.55. The Bertz CT molecular complexity index is 1270. The maximum Gasteiger partial charge on any atom is 0.488 e. The molecule has 0 aliphatic rings. The monoisotopic (exact) mass is 365 g/mol. The van der Waals surface area contributed by atoms with Gasteiger partial charge in [-0.05, 0) is 48.9 Å². The molecule has 3 N–H and O–H groups in total. The largest absolute Gasteiger partial charge is 0.488 e. The van der Waals surface area contributed by atoms with Gasteiger partial charge in [0.2, 0.25) is 0 Å². The Hall–Kier alpha value is -2.92. The highest BCUT2D eigenvalue weighted by molar-refractivity contribution is 6.59. The molecule has 0 aromatic heterocycles. The second-order valence-electron chi connectivity index (χ2n) is 7.26. The van der Waals surface area contributed by atoms with Gasteiger partial charge in [-0.25, -0.2) is 0 Å². The van der Waals surface area contributed by atoms with Crippen LogP contribution in [0.3, 0.4) is 0 Å². The topological polar surface area (TPSA) is 52.5 Å². The maximum atomic E-state index is 9.55. The zero-order chi connectivity index (χ0) is 19.1. The molecule has 5 rings (SSSR count). The van der Waals surface area contributed by atoms with Gasteiger partial charge in [-0.3, -0.25) is 0 Å². The van der Waals surface area contributed by atoms with Crippen molar-refractivity contribution < 1.29 is 10.0 Å². The third-order valence-corrected chi connectivity index (χ3v) is 5.58. The van der Waals surface area contributed by atoms with Crippen LogP contribution in [0.2, 0.25) is 0 Å². The van der Waals surface area contributed by atoms with Crippen LogP contribution < -0.4 is 10.8 Å². The molecule has 5 aromatic carbocycles. The second-order valence-corrected chi connectivity index (χ2v) is 7.26.